The van der Waals surface area contributed by atoms with Crippen molar-refractivity contribution >= 4 is 5.96 Å². The molecule has 2 N–H and O–H groups in total. The Labute approximate surface area is 113 Å². The highest BCUT2D eigenvalue weighted by Crippen LogP contribution is 2.04. The van der Waals surface area contributed by atoms with Crippen LogP contribution < -0.4 is 10.6 Å². The van der Waals surface area contributed by atoms with Crippen LogP contribution in [0.3, 0.4) is 0 Å². The molecule has 0 fully saturated rings. The van der Waals surface area contributed by atoms with Crippen LogP contribution in [0.5, 0.6) is 0 Å². The monoisotopic (exact) mass is 257 g/mol. The van der Waals surface area contributed by atoms with Gasteiger partial charge in [-0.05, 0) is 19.8 Å². The van der Waals surface area contributed by atoms with Crippen LogP contribution in [-0.2, 0) is 4.74 Å². The number of unbranched alkanes of at least 4 members (excludes halogenated alkanes) is 3. The van der Waals surface area contributed by atoms with E-state index in [0.29, 0.717) is 6.04 Å². The van der Waals surface area contributed by atoms with Crippen molar-refractivity contribution in [2.75, 3.05) is 27.3 Å². The zero-order valence-electron chi connectivity index (χ0n) is 12.6. The van der Waals surface area contributed by atoms with Gasteiger partial charge in [-0.1, -0.05) is 32.6 Å². The largest absolute Gasteiger partial charge is 0.385 e. The molecule has 1 unspecified atom stereocenters. The van der Waals surface area contributed by atoms with Crippen LogP contribution in [0.4, 0.5) is 0 Å². The standard InChI is InChI=1S/C14H31N3O/c1-5-6-7-8-10-13(2)17-14(15-3)16-11-9-12-18-4/h13H,5-12H2,1-4H3,(H2,15,16,17). The van der Waals surface area contributed by atoms with Gasteiger partial charge in [0, 0.05) is 33.4 Å². The maximum Gasteiger partial charge on any atom is 0.191 e. The Bertz CT molecular complexity index is 207. The fraction of sp³-hybridized carbons (Fsp3) is 0.929. The average molecular weight is 257 g/mol. The Morgan fingerprint density at radius 3 is 2.61 bits per heavy atom. The van der Waals surface area contributed by atoms with Gasteiger partial charge in [-0.3, -0.25) is 4.99 Å². The summed E-state index contributed by atoms with van der Waals surface area (Å²) in [5, 5.41) is 6.71. The average Bonchev–Trinajstić information content (AvgIpc) is 2.38. The minimum atomic E-state index is 0.482. The highest BCUT2D eigenvalue weighted by atomic mass is 16.5. The summed E-state index contributed by atoms with van der Waals surface area (Å²) in [5.74, 6) is 0.897. The predicted octanol–water partition coefficient (Wildman–Crippen LogP) is 2.55. The summed E-state index contributed by atoms with van der Waals surface area (Å²) in [7, 11) is 3.54. The van der Waals surface area contributed by atoms with Gasteiger partial charge < -0.3 is 15.4 Å². The molecule has 0 aromatic rings. The summed E-state index contributed by atoms with van der Waals surface area (Å²) in [6.45, 7) is 6.15. The van der Waals surface area contributed by atoms with Gasteiger partial charge in [0.05, 0.1) is 0 Å². The van der Waals surface area contributed by atoms with E-state index in [4.69, 9.17) is 4.74 Å². The summed E-state index contributed by atoms with van der Waals surface area (Å²) in [6, 6.07) is 0.482. The van der Waals surface area contributed by atoms with Gasteiger partial charge in [-0.15, -0.1) is 0 Å². The zero-order chi connectivity index (χ0) is 13.6. The molecule has 0 bridgehead atoms. The van der Waals surface area contributed by atoms with Gasteiger partial charge in [-0.25, -0.2) is 0 Å². The third-order valence-corrected chi connectivity index (χ3v) is 2.92. The lowest BCUT2D eigenvalue weighted by atomic mass is 10.1. The first-order valence-electron chi connectivity index (χ1n) is 7.20. The summed E-state index contributed by atoms with van der Waals surface area (Å²) < 4.78 is 5.01. The van der Waals surface area contributed by atoms with Gasteiger partial charge in [-0.2, -0.15) is 0 Å². The van der Waals surface area contributed by atoms with Crippen LogP contribution in [0.2, 0.25) is 0 Å². The molecule has 1 atom stereocenters. The van der Waals surface area contributed by atoms with Crippen LogP contribution in [0, 0.1) is 0 Å². The molecule has 4 nitrogen and oxygen atoms in total. The van der Waals surface area contributed by atoms with E-state index in [1.807, 2.05) is 7.05 Å². The van der Waals surface area contributed by atoms with Crippen molar-refractivity contribution in [3.63, 3.8) is 0 Å². The number of nitrogens with zero attached hydrogens (tertiary/aromatic N) is 1. The number of hydrogen-bond donors (Lipinski definition) is 2. The summed E-state index contributed by atoms with van der Waals surface area (Å²) in [4.78, 5) is 4.22. The molecule has 0 rings (SSSR count). The Morgan fingerprint density at radius 2 is 2.00 bits per heavy atom. The number of hydrogen-bond acceptors (Lipinski definition) is 2. The number of methoxy groups -OCH3 is 1. The molecule has 0 saturated carbocycles. The fourth-order valence-electron chi connectivity index (χ4n) is 1.80. The lowest BCUT2D eigenvalue weighted by Gasteiger charge is -2.17. The van der Waals surface area contributed by atoms with Gasteiger partial charge in [0.1, 0.15) is 0 Å². The number of guanidine groups is 1. The molecular formula is C14H31N3O. The second-order valence-corrected chi connectivity index (χ2v) is 4.74. The maximum atomic E-state index is 5.01. The molecule has 0 aliphatic carbocycles. The van der Waals surface area contributed by atoms with E-state index in [-0.39, 0.29) is 0 Å². The van der Waals surface area contributed by atoms with E-state index in [2.05, 4.69) is 29.5 Å². The summed E-state index contributed by atoms with van der Waals surface area (Å²) >= 11 is 0. The maximum absolute atomic E-state index is 5.01. The van der Waals surface area contributed by atoms with E-state index in [9.17, 15) is 0 Å². The predicted molar refractivity (Wildman–Crippen MR) is 79.2 cm³/mol. The van der Waals surface area contributed by atoms with Crippen molar-refractivity contribution < 1.29 is 4.74 Å². The fourth-order valence-corrected chi connectivity index (χ4v) is 1.80. The molecule has 0 aromatic heterocycles. The molecule has 0 aliphatic rings. The summed E-state index contributed by atoms with van der Waals surface area (Å²) in [6.07, 6.45) is 7.48. The molecule has 0 radical (unpaired) electrons. The number of aliphatic imine (C=N–C) groups is 1. The molecule has 0 saturated heterocycles. The van der Waals surface area contributed by atoms with Crippen molar-refractivity contribution in [1.29, 1.82) is 0 Å². The topological polar surface area (TPSA) is 45.7 Å². The van der Waals surface area contributed by atoms with Gasteiger partial charge in [0.25, 0.3) is 0 Å². The molecule has 0 aromatic carbocycles. The zero-order valence-corrected chi connectivity index (χ0v) is 12.6. The Kier molecular flexibility index (Phi) is 12.1. The van der Waals surface area contributed by atoms with E-state index < -0.39 is 0 Å². The molecule has 0 amide bonds. The second kappa shape index (κ2) is 12.7. The van der Waals surface area contributed by atoms with Crippen LogP contribution in [-0.4, -0.2) is 39.3 Å². The molecule has 108 valence electrons. The van der Waals surface area contributed by atoms with Crippen LogP contribution in [0.25, 0.3) is 0 Å². The number of nitrogens with one attached hydrogen (secondary N) is 2. The lowest BCUT2D eigenvalue weighted by Crippen LogP contribution is -2.42. The molecule has 0 aliphatic heterocycles. The van der Waals surface area contributed by atoms with Crippen molar-refractivity contribution in [2.45, 2.75) is 58.4 Å². The molecular weight excluding hydrogens is 226 g/mol. The van der Waals surface area contributed by atoms with Crippen molar-refractivity contribution in [2.24, 2.45) is 4.99 Å². The Hall–Kier alpha value is -0.770. The minimum absolute atomic E-state index is 0.482. The van der Waals surface area contributed by atoms with Crippen molar-refractivity contribution in [3.05, 3.63) is 0 Å². The quantitative estimate of drug-likeness (QED) is 0.359. The van der Waals surface area contributed by atoms with Crippen LogP contribution in [0.1, 0.15) is 52.4 Å². The van der Waals surface area contributed by atoms with Crippen molar-refractivity contribution in [3.8, 4) is 0 Å². The third kappa shape index (κ3) is 10.4. The van der Waals surface area contributed by atoms with Crippen LogP contribution in [0.15, 0.2) is 4.99 Å². The van der Waals surface area contributed by atoms with Gasteiger partial charge >= 0.3 is 0 Å². The highest BCUT2D eigenvalue weighted by Gasteiger charge is 2.04. The van der Waals surface area contributed by atoms with Gasteiger partial charge in [0.2, 0.25) is 0 Å². The minimum Gasteiger partial charge on any atom is -0.385 e. The van der Waals surface area contributed by atoms with E-state index in [1.54, 1.807) is 7.11 Å². The molecule has 0 heterocycles. The van der Waals surface area contributed by atoms with Crippen molar-refractivity contribution in [1.82, 2.24) is 10.6 Å². The van der Waals surface area contributed by atoms with Crippen LogP contribution >= 0.6 is 0 Å². The highest BCUT2D eigenvalue weighted by molar-refractivity contribution is 5.79. The van der Waals surface area contributed by atoms with E-state index in [1.165, 1.54) is 32.1 Å². The van der Waals surface area contributed by atoms with E-state index >= 15 is 0 Å². The molecule has 0 spiro atoms. The molecule has 4 heteroatoms. The molecule has 18 heavy (non-hydrogen) atoms. The lowest BCUT2D eigenvalue weighted by molar-refractivity contribution is 0.195. The Morgan fingerprint density at radius 1 is 1.22 bits per heavy atom. The SMILES string of the molecule is CCCCCCC(C)NC(=NC)NCCCOC. The first-order chi connectivity index (χ1) is 8.74. The first-order valence-corrected chi connectivity index (χ1v) is 7.20. The summed E-state index contributed by atoms with van der Waals surface area (Å²) in [5.41, 5.74) is 0. The van der Waals surface area contributed by atoms with Gasteiger partial charge in [0.15, 0.2) is 5.96 Å². The first kappa shape index (κ1) is 17.2. The number of ether oxygens (including phenoxy) is 1. The third-order valence-electron chi connectivity index (χ3n) is 2.92. The Balaban J connectivity index is 3.63. The van der Waals surface area contributed by atoms with E-state index in [0.717, 1.165) is 25.5 Å². The smallest absolute Gasteiger partial charge is 0.191 e. The second-order valence-electron chi connectivity index (χ2n) is 4.74. The normalized spacial score (nSPS) is 13.4. The number of rotatable bonds is 10.